The Morgan fingerprint density at radius 2 is 1.63 bits per heavy atom. The summed E-state index contributed by atoms with van der Waals surface area (Å²) in [6.07, 6.45) is 4.73. The highest BCUT2D eigenvalue weighted by molar-refractivity contribution is 6.09. The van der Waals surface area contributed by atoms with E-state index in [2.05, 4.69) is 22.2 Å². The summed E-state index contributed by atoms with van der Waals surface area (Å²) in [5, 5.41) is 2.89. The minimum atomic E-state index is -0.385. The van der Waals surface area contributed by atoms with E-state index in [-0.39, 0.29) is 24.3 Å². The van der Waals surface area contributed by atoms with Gasteiger partial charge in [-0.1, -0.05) is 24.3 Å². The lowest BCUT2D eigenvalue weighted by atomic mass is 10.1. The number of anilines is 2. The molecule has 3 amide bonds. The predicted octanol–water partition coefficient (Wildman–Crippen LogP) is 6.22. The third-order valence-electron chi connectivity index (χ3n) is 8.86. The number of ether oxygens (including phenoxy) is 3. The highest BCUT2D eigenvalue weighted by atomic mass is 16.5. The molecule has 51 heavy (non-hydrogen) atoms. The molecular formula is C40H47N5O6. The van der Waals surface area contributed by atoms with Crippen molar-refractivity contribution in [1.29, 1.82) is 0 Å². The largest absolute Gasteiger partial charge is 0.495 e. The molecule has 3 aromatic carbocycles. The fraction of sp³-hybridized carbons (Fsp3) is 0.350. The number of hydrogen-bond acceptors (Lipinski definition) is 8. The van der Waals surface area contributed by atoms with Gasteiger partial charge in [-0.15, -0.1) is 0 Å². The van der Waals surface area contributed by atoms with Gasteiger partial charge in [-0.25, -0.2) is 0 Å². The number of nitrogens with one attached hydrogen (secondary N) is 1. The Morgan fingerprint density at radius 3 is 2.39 bits per heavy atom. The fourth-order valence-corrected chi connectivity index (χ4v) is 5.80. The summed E-state index contributed by atoms with van der Waals surface area (Å²) >= 11 is 0. The van der Waals surface area contributed by atoms with Crippen molar-refractivity contribution in [3.8, 4) is 17.2 Å². The van der Waals surface area contributed by atoms with E-state index in [4.69, 9.17) is 14.2 Å². The first-order valence-electron chi connectivity index (χ1n) is 17.3. The summed E-state index contributed by atoms with van der Waals surface area (Å²) in [7, 11) is 5.27. The zero-order valence-electron chi connectivity index (χ0n) is 29.9. The summed E-state index contributed by atoms with van der Waals surface area (Å²) in [4.78, 5) is 49.7. The van der Waals surface area contributed by atoms with Crippen LogP contribution >= 0.6 is 0 Å². The zero-order valence-corrected chi connectivity index (χ0v) is 29.9. The molecule has 1 N–H and O–H groups in total. The first-order chi connectivity index (χ1) is 24.7. The van der Waals surface area contributed by atoms with E-state index in [1.165, 1.54) is 7.11 Å². The number of rotatable bonds is 15. The number of likely N-dealkylation sites (N-methyl/N-ethyl adjacent to an activating group) is 1. The van der Waals surface area contributed by atoms with E-state index < -0.39 is 0 Å². The molecule has 2 heterocycles. The highest BCUT2D eigenvalue weighted by Crippen LogP contribution is 2.32. The van der Waals surface area contributed by atoms with Crippen LogP contribution in [0, 0.1) is 6.92 Å². The van der Waals surface area contributed by atoms with E-state index in [9.17, 15) is 14.4 Å². The van der Waals surface area contributed by atoms with Gasteiger partial charge in [0, 0.05) is 51.4 Å². The fourth-order valence-electron chi connectivity index (χ4n) is 5.80. The number of aromatic nitrogens is 1. The Hall–Kier alpha value is -5.42. The molecule has 0 radical (unpaired) electrons. The second kappa shape index (κ2) is 18.0. The molecule has 0 aliphatic carbocycles. The average Bonchev–Trinajstić information content (AvgIpc) is 3.15. The van der Waals surface area contributed by atoms with Gasteiger partial charge in [0.2, 0.25) is 5.91 Å². The second-order valence-corrected chi connectivity index (χ2v) is 12.7. The average molecular weight is 694 g/mol. The highest BCUT2D eigenvalue weighted by Gasteiger charge is 2.22. The van der Waals surface area contributed by atoms with Crippen LogP contribution in [-0.4, -0.2) is 86.5 Å². The van der Waals surface area contributed by atoms with Crippen molar-refractivity contribution in [1.82, 2.24) is 14.8 Å². The molecule has 5 rings (SSSR count). The number of piperazine rings is 1. The number of methoxy groups -OCH3 is 1. The number of nitrogens with zero attached hydrogens (tertiary/aromatic N) is 4. The number of carbonyl (C=O) groups excluding carboxylic acids is 3. The molecule has 0 spiro atoms. The molecule has 1 aromatic heterocycles. The van der Waals surface area contributed by atoms with Gasteiger partial charge in [-0.3, -0.25) is 19.4 Å². The lowest BCUT2D eigenvalue weighted by Gasteiger charge is -2.32. The summed E-state index contributed by atoms with van der Waals surface area (Å²) in [6.45, 7) is 6.11. The normalized spacial score (nSPS) is 13.0. The number of aryl methyl sites for hydroxylation is 1. The van der Waals surface area contributed by atoms with E-state index in [0.29, 0.717) is 52.8 Å². The first-order valence-corrected chi connectivity index (χ1v) is 17.3. The van der Waals surface area contributed by atoms with Crippen LogP contribution in [0.25, 0.3) is 0 Å². The van der Waals surface area contributed by atoms with Crippen molar-refractivity contribution in [3.63, 3.8) is 0 Å². The van der Waals surface area contributed by atoms with Crippen LogP contribution in [0.5, 0.6) is 17.2 Å². The van der Waals surface area contributed by atoms with Gasteiger partial charge in [0.15, 0.2) is 0 Å². The van der Waals surface area contributed by atoms with Crippen molar-refractivity contribution >= 4 is 29.1 Å². The Bertz CT molecular complexity index is 1790. The number of unbranched alkanes of at least 4 members (excludes halogenated alkanes) is 2. The van der Waals surface area contributed by atoms with Crippen molar-refractivity contribution in [2.75, 3.05) is 64.2 Å². The maximum Gasteiger partial charge on any atom is 0.259 e. The SMILES string of the molecule is COc1cc(C(=O)N(C)c2ccc(C)cc2OCCCCCC(=O)N2CCN(C)CC2)ccc1NC(=O)c1ccccc1OCc1ccccn1. The van der Waals surface area contributed by atoms with E-state index in [1.54, 1.807) is 60.6 Å². The number of pyridine rings is 1. The van der Waals surface area contributed by atoms with Gasteiger partial charge in [0.05, 0.1) is 36.3 Å². The molecule has 268 valence electrons. The van der Waals surface area contributed by atoms with E-state index >= 15 is 0 Å². The summed E-state index contributed by atoms with van der Waals surface area (Å²) < 4.78 is 17.7. The summed E-state index contributed by atoms with van der Waals surface area (Å²) in [6, 6.07) is 23.2. The molecule has 1 saturated heterocycles. The van der Waals surface area contributed by atoms with Crippen LogP contribution in [0.4, 0.5) is 11.4 Å². The molecule has 4 aromatic rings. The van der Waals surface area contributed by atoms with Crippen molar-refractivity contribution < 1.29 is 28.6 Å². The lowest BCUT2D eigenvalue weighted by Crippen LogP contribution is -2.47. The Kier molecular flexibility index (Phi) is 13.0. The minimum Gasteiger partial charge on any atom is -0.495 e. The maximum absolute atomic E-state index is 13.7. The van der Waals surface area contributed by atoms with Gasteiger partial charge < -0.3 is 34.2 Å². The topological polar surface area (TPSA) is 114 Å². The summed E-state index contributed by atoms with van der Waals surface area (Å²) in [5.74, 6) is 0.935. The monoisotopic (exact) mass is 693 g/mol. The smallest absolute Gasteiger partial charge is 0.259 e. The third kappa shape index (κ3) is 10.1. The predicted molar refractivity (Wildman–Crippen MR) is 198 cm³/mol. The van der Waals surface area contributed by atoms with Gasteiger partial charge in [0.25, 0.3) is 11.8 Å². The maximum atomic E-state index is 13.7. The number of amides is 3. The van der Waals surface area contributed by atoms with Crippen molar-refractivity contribution in [2.24, 2.45) is 0 Å². The van der Waals surface area contributed by atoms with Gasteiger partial charge in [-0.2, -0.15) is 0 Å². The molecule has 0 unspecified atom stereocenters. The number of carbonyl (C=O) groups is 3. The molecule has 0 atom stereocenters. The van der Waals surface area contributed by atoms with Crippen LogP contribution < -0.4 is 24.4 Å². The second-order valence-electron chi connectivity index (χ2n) is 12.7. The number of hydrogen-bond donors (Lipinski definition) is 1. The minimum absolute atomic E-state index is 0.214. The molecule has 1 fully saturated rings. The van der Waals surface area contributed by atoms with Crippen LogP contribution in [0.15, 0.2) is 85.1 Å². The van der Waals surface area contributed by atoms with Crippen LogP contribution in [-0.2, 0) is 11.4 Å². The molecule has 1 aliphatic heterocycles. The van der Waals surface area contributed by atoms with E-state index in [0.717, 1.165) is 56.7 Å². The third-order valence-corrected chi connectivity index (χ3v) is 8.86. The van der Waals surface area contributed by atoms with Gasteiger partial charge in [-0.05, 0) is 93.4 Å². The Balaban J connectivity index is 1.18. The standard InChI is InChI=1S/C40H47N5O6/c1-29-16-19-34(37(26-29)50-25-11-5-6-15-38(46)45-23-21-43(2)22-24-45)44(3)40(48)30-17-18-33(36(27-30)49-4)42-39(47)32-13-7-8-14-35(32)51-28-31-12-9-10-20-41-31/h7-10,12-14,16-20,26-27H,5-6,11,15,21-25,28H2,1-4H3,(H,42,47). The van der Waals surface area contributed by atoms with E-state index in [1.807, 2.05) is 48.2 Å². The number of para-hydroxylation sites is 1. The van der Waals surface area contributed by atoms with Gasteiger partial charge in [0.1, 0.15) is 23.9 Å². The molecule has 1 aliphatic rings. The zero-order chi connectivity index (χ0) is 36.2. The van der Waals surface area contributed by atoms with Crippen molar-refractivity contribution in [3.05, 3.63) is 107 Å². The molecule has 0 saturated carbocycles. The summed E-state index contributed by atoms with van der Waals surface area (Å²) in [5.41, 5.74) is 3.52. The van der Waals surface area contributed by atoms with Crippen LogP contribution in [0.2, 0.25) is 0 Å². The van der Waals surface area contributed by atoms with Crippen LogP contribution in [0.1, 0.15) is 57.7 Å². The number of benzene rings is 3. The van der Waals surface area contributed by atoms with Crippen LogP contribution in [0.3, 0.4) is 0 Å². The Labute approximate surface area is 300 Å². The molecule has 11 nitrogen and oxygen atoms in total. The van der Waals surface area contributed by atoms with Gasteiger partial charge >= 0.3 is 0 Å². The lowest BCUT2D eigenvalue weighted by molar-refractivity contribution is -0.132. The Morgan fingerprint density at radius 1 is 0.843 bits per heavy atom. The van der Waals surface area contributed by atoms with Crippen molar-refractivity contribution in [2.45, 2.75) is 39.2 Å². The quantitative estimate of drug-likeness (QED) is 0.146. The molecule has 11 heteroatoms. The molecule has 0 bridgehead atoms. The first kappa shape index (κ1) is 36.9. The molecular weight excluding hydrogens is 646 g/mol.